The van der Waals surface area contributed by atoms with E-state index in [0.29, 0.717) is 11.8 Å². The van der Waals surface area contributed by atoms with Gasteiger partial charge in [0, 0.05) is 11.6 Å². The van der Waals surface area contributed by atoms with E-state index in [1.54, 1.807) is 0 Å². The van der Waals surface area contributed by atoms with Crippen LogP contribution in [0.2, 0.25) is 0 Å². The summed E-state index contributed by atoms with van der Waals surface area (Å²) in [6, 6.07) is 6.15. The van der Waals surface area contributed by atoms with E-state index in [9.17, 15) is 0 Å². The Bertz CT molecular complexity index is 572. The highest BCUT2D eigenvalue weighted by molar-refractivity contribution is 5.98. The lowest BCUT2D eigenvalue weighted by molar-refractivity contribution is 0.232. The number of aromatic nitrogens is 1. The first-order valence-corrected chi connectivity index (χ1v) is 8.70. The topological polar surface area (TPSA) is 50.0 Å². The quantitative estimate of drug-likeness (QED) is 0.760. The van der Waals surface area contributed by atoms with E-state index < -0.39 is 0 Å². The Morgan fingerprint density at radius 2 is 2.00 bits per heavy atom. The normalized spacial score (nSPS) is 25.5. The van der Waals surface area contributed by atoms with Crippen LogP contribution in [0.4, 0.5) is 0 Å². The van der Waals surface area contributed by atoms with Crippen LogP contribution in [-0.4, -0.2) is 16.5 Å². The molecule has 0 aromatic carbocycles. The van der Waals surface area contributed by atoms with Gasteiger partial charge in [-0.25, -0.2) is 9.98 Å². The fraction of sp³-hybridized carbons (Fsp3) is 0.667. The molecule has 2 heterocycles. The summed E-state index contributed by atoms with van der Waals surface area (Å²) < 4.78 is 0. The summed E-state index contributed by atoms with van der Waals surface area (Å²) in [4.78, 5) is 9.57. The number of aryl methyl sites for hydroxylation is 1. The highest BCUT2D eigenvalue weighted by atomic mass is 15.3. The molecular weight excluding hydrogens is 272 g/mol. The molecule has 1 fully saturated rings. The van der Waals surface area contributed by atoms with E-state index in [-0.39, 0.29) is 5.66 Å². The van der Waals surface area contributed by atoms with Crippen molar-refractivity contribution in [3.8, 4) is 0 Å². The predicted molar refractivity (Wildman–Crippen MR) is 89.2 cm³/mol. The molecule has 0 saturated heterocycles. The van der Waals surface area contributed by atoms with Crippen LogP contribution in [0.3, 0.4) is 0 Å². The second-order valence-corrected chi connectivity index (χ2v) is 6.68. The minimum Gasteiger partial charge on any atom is -0.249 e. The molecule has 22 heavy (non-hydrogen) atoms. The van der Waals surface area contributed by atoms with Gasteiger partial charge in [-0.1, -0.05) is 38.7 Å². The first-order valence-electron chi connectivity index (χ1n) is 8.70. The molecule has 1 unspecified atom stereocenters. The molecular formula is C18H26N4. The molecule has 0 radical (unpaired) electrons. The number of amidine groups is 1. The van der Waals surface area contributed by atoms with E-state index in [4.69, 9.17) is 9.98 Å². The number of nitrogens with zero attached hydrogens (tertiary/aromatic N) is 4. The van der Waals surface area contributed by atoms with Gasteiger partial charge in [0.2, 0.25) is 0 Å². The molecule has 1 aliphatic heterocycles. The van der Waals surface area contributed by atoms with Crippen LogP contribution >= 0.6 is 0 Å². The van der Waals surface area contributed by atoms with Crippen LogP contribution in [0.15, 0.2) is 33.4 Å². The fourth-order valence-corrected chi connectivity index (χ4v) is 3.44. The molecule has 1 atom stereocenters. The largest absolute Gasteiger partial charge is 0.249 e. The summed E-state index contributed by atoms with van der Waals surface area (Å²) in [5.74, 6) is 1.25. The van der Waals surface area contributed by atoms with Crippen LogP contribution in [0, 0.1) is 5.92 Å². The van der Waals surface area contributed by atoms with E-state index in [1.807, 2.05) is 6.07 Å². The molecule has 1 aromatic heterocycles. The van der Waals surface area contributed by atoms with Crippen molar-refractivity contribution in [2.24, 2.45) is 21.1 Å². The van der Waals surface area contributed by atoms with Crippen molar-refractivity contribution >= 4 is 5.84 Å². The highest BCUT2D eigenvalue weighted by Crippen LogP contribution is 2.38. The molecule has 2 aliphatic rings. The zero-order valence-electron chi connectivity index (χ0n) is 13.8. The molecule has 0 bridgehead atoms. The molecule has 0 N–H and O–H groups in total. The zero-order valence-corrected chi connectivity index (χ0v) is 13.8. The summed E-state index contributed by atoms with van der Waals surface area (Å²) in [6.07, 6.45) is 9.76. The fourth-order valence-electron chi connectivity index (χ4n) is 3.44. The second-order valence-electron chi connectivity index (χ2n) is 6.68. The van der Waals surface area contributed by atoms with E-state index in [1.165, 1.54) is 44.9 Å². The Balaban J connectivity index is 1.78. The Morgan fingerprint density at radius 3 is 2.77 bits per heavy atom. The third kappa shape index (κ3) is 3.26. The predicted octanol–water partition coefficient (Wildman–Crippen LogP) is 4.93. The summed E-state index contributed by atoms with van der Waals surface area (Å²) >= 11 is 0. The monoisotopic (exact) mass is 298 g/mol. The smallest absolute Gasteiger partial charge is 0.197 e. The number of hydrogen-bond acceptors (Lipinski definition) is 4. The van der Waals surface area contributed by atoms with Gasteiger partial charge in [0.25, 0.3) is 0 Å². The van der Waals surface area contributed by atoms with Gasteiger partial charge in [-0.05, 0) is 44.7 Å². The van der Waals surface area contributed by atoms with E-state index in [2.05, 4.69) is 36.2 Å². The SMILES string of the molecule is CCCCc1cccc(C2=NC(C)(C3CCCCC3)N=N2)n1. The average molecular weight is 298 g/mol. The van der Waals surface area contributed by atoms with Crippen molar-refractivity contribution in [3.63, 3.8) is 0 Å². The summed E-state index contributed by atoms with van der Waals surface area (Å²) in [6.45, 7) is 4.33. The molecule has 0 amide bonds. The maximum absolute atomic E-state index is 4.86. The number of azo groups is 1. The Morgan fingerprint density at radius 1 is 1.18 bits per heavy atom. The number of hydrogen-bond donors (Lipinski definition) is 0. The van der Waals surface area contributed by atoms with Gasteiger partial charge in [0.1, 0.15) is 5.69 Å². The number of aliphatic imine (C=N–C) groups is 1. The van der Waals surface area contributed by atoms with Crippen LogP contribution in [-0.2, 0) is 6.42 Å². The van der Waals surface area contributed by atoms with Gasteiger partial charge in [-0.15, -0.1) is 5.11 Å². The first kappa shape index (κ1) is 15.3. The van der Waals surface area contributed by atoms with Crippen LogP contribution in [0.1, 0.15) is 70.2 Å². The van der Waals surface area contributed by atoms with Gasteiger partial charge < -0.3 is 0 Å². The Kier molecular flexibility index (Phi) is 4.65. The average Bonchev–Trinajstić information content (AvgIpc) is 2.98. The van der Waals surface area contributed by atoms with Crippen molar-refractivity contribution in [2.75, 3.05) is 0 Å². The molecule has 3 rings (SSSR count). The lowest BCUT2D eigenvalue weighted by Gasteiger charge is -2.30. The van der Waals surface area contributed by atoms with E-state index >= 15 is 0 Å². The zero-order chi connectivity index (χ0) is 15.4. The standard InChI is InChI=1S/C18H26N4/c1-3-4-11-15-12-8-13-16(19-15)17-20-18(2,22-21-17)14-9-6-5-7-10-14/h8,12-14H,3-7,9-11H2,1-2H3. The Labute approximate surface area is 133 Å². The van der Waals surface area contributed by atoms with E-state index in [0.717, 1.165) is 17.8 Å². The summed E-state index contributed by atoms with van der Waals surface area (Å²) in [7, 11) is 0. The molecule has 0 spiro atoms. The van der Waals surface area contributed by atoms with Crippen LogP contribution in [0.5, 0.6) is 0 Å². The third-order valence-corrected chi connectivity index (χ3v) is 4.88. The Hall–Kier alpha value is -1.58. The van der Waals surface area contributed by atoms with Gasteiger partial charge in [0.05, 0.1) is 0 Å². The van der Waals surface area contributed by atoms with Crippen molar-refractivity contribution in [1.29, 1.82) is 0 Å². The highest BCUT2D eigenvalue weighted by Gasteiger charge is 2.38. The van der Waals surface area contributed by atoms with Gasteiger partial charge in [0.15, 0.2) is 11.5 Å². The van der Waals surface area contributed by atoms with Crippen molar-refractivity contribution in [1.82, 2.24) is 4.98 Å². The maximum atomic E-state index is 4.86. The molecule has 4 heteroatoms. The maximum Gasteiger partial charge on any atom is 0.197 e. The van der Waals surface area contributed by atoms with Crippen LogP contribution < -0.4 is 0 Å². The summed E-state index contributed by atoms with van der Waals surface area (Å²) in [5.41, 5.74) is 1.64. The lowest BCUT2D eigenvalue weighted by atomic mass is 9.81. The minimum absolute atomic E-state index is 0.364. The molecule has 1 saturated carbocycles. The number of pyridine rings is 1. The first-order chi connectivity index (χ1) is 10.7. The summed E-state index contributed by atoms with van der Waals surface area (Å²) in [5, 5.41) is 8.89. The second kappa shape index (κ2) is 6.67. The molecule has 1 aromatic rings. The molecule has 118 valence electrons. The van der Waals surface area contributed by atoms with Gasteiger partial charge in [-0.2, -0.15) is 5.11 Å². The van der Waals surface area contributed by atoms with Crippen molar-refractivity contribution in [3.05, 3.63) is 29.6 Å². The third-order valence-electron chi connectivity index (χ3n) is 4.88. The van der Waals surface area contributed by atoms with Gasteiger partial charge in [-0.3, -0.25) is 0 Å². The van der Waals surface area contributed by atoms with Gasteiger partial charge >= 0.3 is 0 Å². The number of unbranched alkanes of at least 4 members (excludes halogenated alkanes) is 1. The number of rotatable bonds is 5. The van der Waals surface area contributed by atoms with Crippen molar-refractivity contribution in [2.45, 2.75) is 70.9 Å². The minimum atomic E-state index is -0.364. The molecule has 4 nitrogen and oxygen atoms in total. The van der Waals surface area contributed by atoms with Crippen molar-refractivity contribution < 1.29 is 0 Å². The van der Waals surface area contributed by atoms with Crippen LogP contribution in [0.25, 0.3) is 0 Å². The molecule has 1 aliphatic carbocycles. The lowest BCUT2D eigenvalue weighted by Crippen LogP contribution is -2.30.